The van der Waals surface area contributed by atoms with Crippen molar-refractivity contribution in [3.63, 3.8) is 0 Å². The van der Waals surface area contributed by atoms with E-state index in [4.69, 9.17) is 0 Å². The van der Waals surface area contributed by atoms with Crippen molar-refractivity contribution in [3.05, 3.63) is 65.7 Å². The Morgan fingerprint density at radius 3 is 2.21 bits per heavy atom. The summed E-state index contributed by atoms with van der Waals surface area (Å²) in [5, 5.41) is 6.51. The average molecular weight is 403 g/mol. The van der Waals surface area contributed by atoms with Gasteiger partial charge in [-0.05, 0) is 44.0 Å². The van der Waals surface area contributed by atoms with Gasteiger partial charge < -0.3 is 10.6 Å². The van der Waals surface area contributed by atoms with E-state index < -0.39 is 10.0 Å². The molecule has 0 saturated heterocycles. The maximum Gasteiger partial charge on any atom is 0.243 e. The number of aliphatic imine (C=N–C) groups is 1. The Bertz CT molecular complexity index is 863. The highest BCUT2D eigenvalue weighted by Gasteiger charge is 2.22. The number of guanidine groups is 1. The number of nitrogens with zero attached hydrogens (tertiary/aromatic N) is 2. The van der Waals surface area contributed by atoms with Gasteiger partial charge in [0.25, 0.3) is 0 Å². The van der Waals surface area contributed by atoms with Gasteiger partial charge in [-0.1, -0.05) is 42.5 Å². The van der Waals surface area contributed by atoms with Crippen molar-refractivity contribution in [2.24, 2.45) is 4.99 Å². The third-order valence-electron chi connectivity index (χ3n) is 4.39. The standard InChI is InChI=1S/C21H30N4O2S/c1-5-22-21(23-15-18-9-7-6-8-10-18)24-16-19-11-13-20(14-12-19)28(26,27)25(4)17(2)3/h6-14,17H,5,15-16H2,1-4H3,(H2,22,23,24). The second-order valence-electron chi connectivity index (χ2n) is 6.79. The van der Waals surface area contributed by atoms with E-state index in [9.17, 15) is 8.42 Å². The third kappa shape index (κ3) is 6.07. The summed E-state index contributed by atoms with van der Waals surface area (Å²) in [6.45, 7) is 7.64. The highest BCUT2D eigenvalue weighted by atomic mass is 32.2. The largest absolute Gasteiger partial charge is 0.357 e. The van der Waals surface area contributed by atoms with Gasteiger partial charge in [0.15, 0.2) is 5.96 Å². The number of rotatable bonds is 8. The predicted octanol–water partition coefficient (Wildman–Crippen LogP) is 2.97. The molecule has 0 atom stereocenters. The summed E-state index contributed by atoms with van der Waals surface area (Å²) in [6.07, 6.45) is 0. The van der Waals surface area contributed by atoms with Crippen LogP contribution in [0.5, 0.6) is 0 Å². The lowest BCUT2D eigenvalue weighted by Gasteiger charge is -2.21. The van der Waals surface area contributed by atoms with Gasteiger partial charge in [0.05, 0.1) is 11.4 Å². The van der Waals surface area contributed by atoms with Crippen LogP contribution in [0.3, 0.4) is 0 Å². The van der Waals surface area contributed by atoms with Crippen molar-refractivity contribution >= 4 is 16.0 Å². The summed E-state index contributed by atoms with van der Waals surface area (Å²) in [5.74, 6) is 0.725. The van der Waals surface area contributed by atoms with Crippen molar-refractivity contribution in [1.29, 1.82) is 0 Å². The molecule has 0 radical (unpaired) electrons. The van der Waals surface area contributed by atoms with Crippen LogP contribution in [0.4, 0.5) is 0 Å². The minimum absolute atomic E-state index is 0.0881. The Kier molecular flexibility index (Phi) is 8.02. The Labute approximate surface area is 168 Å². The molecule has 2 aromatic carbocycles. The number of sulfonamides is 1. The van der Waals surface area contributed by atoms with Crippen molar-refractivity contribution in [3.8, 4) is 0 Å². The maximum atomic E-state index is 12.5. The maximum absolute atomic E-state index is 12.5. The first kappa shape index (κ1) is 21.9. The van der Waals surface area contributed by atoms with Crippen LogP contribution in [0.15, 0.2) is 64.5 Å². The normalized spacial score (nSPS) is 12.4. The van der Waals surface area contributed by atoms with E-state index >= 15 is 0 Å². The van der Waals surface area contributed by atoms with Gasteiger partial charge in [-0.25, -0.2) is 13.4 Å². The van der Waals surface area contributed by atoms with Crippen molar-refractivity contribution in [1.82, 2.24) is 14.9 Å². The van der Waals surface area contributed by atoms with Gasteiger partial charge in [-0.2, -0.15) is 4.31 Å². The Balaban J connectivity index is 2.02. The second kappa shape index (κ2) is 10.2. The van der Waals surface area contributed by atoms with Gasteiger partial charge in [0, 0.05) is 26.2 Å². The molecule has 2 N–H and O–H groups in total. The fraction of sp³-hybridized carbons (Fsp3) is 0.381. The van der Waals surface area contributed by atoms with E-state index in [2.05, 4.69) is 15.6 Å². The van der Waals surface area contributed by atoms with Gasteiger partial charge >= 0.3 is 0 Å². The minimum Gasteiger partial charge on any atom is -0.357 e. The topological polar surface area (TPSA) is 73.8 Å². The van der Waals surface area contributed by atoms with Crippen LogP contribution in [-0.2, 0) is 23.1 Å². The molecular weight excluding hydrogens is 372 g/mol. The van der Waals surface area contributed by atoms with E-state index in [1.807, 2.05) is 63.2 Å². The zero-order chi connectivity index (χ0) is 20.6. The first-order valence-electron chi connectivity index (χ1n) is 9.47. The summed E-state index contributed by atoms with van der Waals surface area (Å²) in [6, 6.07) is 16.9. The zero-order valence-electron chi connectivity index (χ0n) is 17.0. The van der Waals surface area contributed by atoms with Crippen LogP contribution in [0.2, 0.25) is 0 Å². The minimum atomic E-state index is -3.46. The van der Waals surface area contributed by atoms with Crippen LogP contribution < -0.4 is 10.6 Å². The molecule has 0 bridgehead atoms. The number of hydrogen-bond donors (Lipinski definition) is 2. The van der Waals surface area contributed by atoms with E-state index in [-0.39, 0.29) is 6.04 Å². The molecule has 2 aromatic rings. The van der Waals surface area contributed by atoms with E-state index in [0.717, 1.165) is 23.6 Å². The third-order valence-corrected chi connectivity index (χ3v) is 6.44. The van der Waals surface area contributed by atoms with Crippen LogP contribution in [0, 0.1) is 0 Å². The van der Waals surface area contributed by atoms with E-state index in [0.29, 0.717) is 18.0 Å². The highest BCUT2D eigenvalue weighted by molar-refractivity contribution is 7.89. The van der Waals surface area contributed by atoms with Crippen molar-refractivity contribution in [2.45, 2.75) is 44.8 Å². The van der Waals surface area contributed by atoms with Crippen LogP contribution in [0.1, 0.15) is 31.9 Å². The number of hydrogen-bond acceptors (Lipinski definition) is 3. The summed E-state index contributed by atoms with van der Waals surface area (Å²) in [7, 11) is -1.86. The monoisotopic (exact) mass is 402 g/mol. The fourth-order valence-electron chi connectivity index (χ4n) is 2.50. The van der Waals surface area contributed by atoms with Crippen LogP contribution in [0.25, 0.3) is 0 Å². The highest BCUT2D eigenvalue weighted by Crippen LogP contribution is 2.17. The lowest BCUT2D eigenvalue weighted by atomic mass is 10.2. The van der Waals surface area contributed by atoms with Crippen LogP contribution >= 0.6 is 0 Å². The van der Waals surface area contributed by atoms with Gasteiger partial charge in [-0.15, -0.1) is 0 Å². The molecule has 0 aliphatic heterocycles. The lowest BCUT2D eigenvalue weighted by Crippen LogP contribution is -2.36. The molecular formula is C21H30N4O2S. The van der Waals surface area contributed by atoms with Gasteiger partial charge in [-0.3, -0.25) is 0 Å². The first-order valence-corrected chi connectivity index (χ1v) is 10.9. The molecule has 0 aromatic heterocycles. The molecule has 0 fully saturated rings. The average Bonchev–Trinajstić information content (AvgIpc) is 2.70. The molecule has 0 unspecified atom stereocenters. The summed E-state index contributed by atoms with van der Waals surface area (Å²) in [5.41, 5.74) is 2.12. The molecule has 2 rings (SSSR count). The Hall–Kier alpha value is -2.38. The Morgan fingerprint density at radius 2 is 1.64 bits per heavy atom. The lowest BCUT2D eigenvalue weighted by molar-refractivity contribution is 0.410. The van der Waals surface area contributed by atoms with E-state index in [1.165, 1.54) is 4.31 Å². The summed E-state index contributed by atoms with van der Waals surface area (Å²) < 4.78 is 26.4. The molecule has 0 heterocycles. The first-order chi connectivity index (χ1) is 13.3. The molecule has 6 nitrogen and oxygen atoms in total. The predicted molar refractivity (Wildman–Crippen MR) is 115 cm³/mol. The molecule has 0 saturated carbocycles. The SMILES string of the molecule is CCNC(=NCc1ccccc1)NCc1ccc(S(=O)(=O)N(C)C(C)C)cc1. The van der Waals surface area contributed by atoms with Gasteiger partial charge in [0.1, 0.15) is 0 Å². The quantitative estimate of drug-likeness (QED) is 0.526. The Morgan fingerprint density at radius 1 is 1.00 bits per heavy atom. The summed E-state index contributed by atoms with van der Waals surface area (Å²) in [4.78, 5) is 4.89. The molecule has 0 spiro atoms. The zero-order valence-corrected chi connectivity index (χ0v) is 17.8. The van der Waals surface area contributed by atoms with Crippen LogP contribution in [-0.4, -0.2) is 38.3 Å². The molecule has 7 heteroatoms. The number of nitrogens with one attached hydrogen (secondary N) is 2. The van der Waals surface area contributed by atoms with Gasteiger partial charge in [0.2, 0.25) is 10.0 Å². The molecule has 0 aliphatic rings. The van der Waals surface area contributed by atoms with E-state index in [1.54, 1.807) is 19.2 Å². The van der Waals surface area contributed by atoms with Crippen molar-refractivity contribution in [2.75, 3.05) is 13.6 Å². The smallest absolute Gasteiger partial charge is 0.243 e. The fourth-order valence-corrected chi connectivity index (χ4v) is 3.87. The molecule has 152 valence electrons. The molecule has 0 aliphatic carbocycles. The summed E-state index contributed by atoms with van der Waals surface area (Å²) >= 11 is 0. The number of benzene rings is 2. The van der Waals surface area contributed by atoms with Crippen molar-refractivity contribution < 1.29 is 8.42 Å². The molecule has 28 heavy (non-hydrogen) atoms. The second-order valence-corrected chi connectivity index (χ2v) is 8.79. The molecule has 0 amide bonds.